The van der Waals surface area contributed by atoms with Gasteiger partial charge in [-0.15, -0.1) is 0 Å². The Bertz CT molecular complexity index is 822. The van der Waals surface area contributed by atoms with Crippen LogP contribution in [0.15, 0.2) is 42.5 Å². The molecule has 1 heterocycles. The van der Waals surface area contributed by atoms with Crippen molar-refractivity contribution < 1.29 is 9.53 Å². The minimum Gasteiger partial charge on any atom is -0.494 e. The summed E-state index contributed by atoms with van der Waals surface area (Å²) in [6, 6.07) is 12.8. The SMILES string of the molecule is CCOc1ccc(NC(=O)c2ccc3nc(CC)[nH]c3c2)cc1. The Morgan fingerprint density at radius 2 is 1.96 bits per heavy atom. The van der Waals surface area contributed by atoms with Gasteiger partial charge in [-0.2, -0.15) is 0 Å². The summed E-state index contributed by atoms with van der Waals surface area (Å²) in [4.78, 5) is 20.0. The molecular formula is C18H19N3O2. The number of nitrogens with one attached hydrogen (secondary N) is 2. The maximum Gasteiger partial charge on any atom is 0.255 e. The number of nitrogens with zero attached hydrogens (tertiary/aromatic N) is 1. The molecule has 0 aliphatic carbocycles. The van der Waals surface area contributed by atoms with E-state index in [1.54, 1.807) is 6.07 Å². The average molecular weight is 309 g/mol. The summed E-state index contributed by atoms with van der Waals surface area (Å²) in [5, 5.41) is 2.88. The fraction of sp³-hybridized carbons (Fsp3) is 0.222. The lowest BCUT2D eigenvalue weighted by Crippen LogP contribution is -2.11. The maximum atomic E-state index is 12.4. The standard InChI is InChI=1S/C18H19N3O2/c1-3-17-20-15-10-5-12(11-16(15)21-17)18(22)19-13-6-8-14(9-7-13)23-4-2/h5-11H,3-4H2,1-2H3,(H,19,22)(H,20,21). The summed E-state index contributed by atoms with van der Waals surface area (Å²) in [6.07, 6.45) is 0.836. The van der Waals surface area contributed by atoms with E-state index < -0.39 is 0 Å². The van der Waals surface area contributed by atoms with Gasteiger partial charge in [0.2, 0.25) is 0 Å². The van der Waals surface area contributed by atoms with Crippen LogP contribution in [0.4, 0.5) is 5.69 Å². The molecule has 1 aromatic heterocycles. The highest BCUT2D eigenvalue weighted by Crippen LogP contribution is 2.18. The van der Waals surface area contributed by atoms with Crippen molar-refractivity contribution in [1.82, 2.24) is 9.97 Å². The molecule has 0 unspecified atom stereocenters. The Hall–Kier alpha value is -2.82. The van der Waals surface area contributed by atoms with Crippen molar-refractivity contribution in [3.05, 3.63) is 53.9 Å². The molecule has 0 aliphatic heterocycles. The van der Waals surface area contributed by atoms with E-state index in [0.717, 1.165) is 34.7 Å². The van der Waals surface area contributed by atoms with Crippen LogP contribution in [0, 0.1) is 0 Å². The number of aromatic nitrogens is 2. The van der Waals surface area contributed by atoms with Crippen LogP contribution in [0.1, 0.15) is 30.0 Å². The van der Waals surface area contributed by atoms with Gasteiger partial charge in [0.1, 0.15) is 11.6 Å². The first-order valence-corrected chi connectivity index (χ1v) is 7.72. The second-order valence-corrected chi connectivity index (χ2v) is 5.18. The van der Waals surface area contributed by atoms with Crippen LogP contribution < -0.4 is 10.1 Å². The number of hydrogen-bond donors (Lipinski definition) is 2. The van der Waals surface area contributed by atoms with Gasteiger partial charge in [0.05, 0.1) is 17.6 Å². The quantitative estimate of drug-likeness (QED) is 0.754. The first-order valence-electron chi connectivity index (χ1n) is 7.72. The minimum atomic E-state index is -0.149. The fourth-order valence-corrected chi connectivity index (χ4v) is 2.38. The highest BCUT2D eigenvalue weighted by molar-refractivity contribution is 6.05. The normalized spacial score (nSPS) is 10.7. The first kappa shape index (κ1) is 15.1. The number of aromatic amines is 1. The molecule has 0 spiro atoms. The van der Waals surface area contributed by atoms with Crippen LogP contribution in [0.2, 0.25) is 0 Å². The predicted octanol–water partition coefficient (Wildman–Crippen LogP) is 3.78. The first-order chi connectivity index (χ1) is 11.2. The molecule has 0 atom stereocenters. The zero-order valence-electron chi connectivity index (χ0n) is 13.2. The van der Waals surface area contributed by atoms with Gasteiger partial charge in [-0.3, -0.25) is 4.79 Å². The highest BCUT2D eigenvalue weighted by atomic mass is 16.5. The number of rotatable bonds is 5. The number of benzene rings is 2. The predicted molar refractivity (Wildman–Crippen MR) is 91.0 cm³/mol. The van der Waals surface area contributed by atoms with Gasteiger partial charge < -0.3 is 15.0 Å². The summed E-state index contributed by atoms with van der Waals surface area (Å²) in [6.45, 7) is 4.60. The Kier molecular flexibility index (Phi) is 4.28. The van der Waals surface area contributed by atoms with E-state index >= 15 is 0 Å². The number of amides is 1. The lowest BCUT2D eigenvalue weighted by molar-refractivity contribution is 0.102. The molecule has 0 bridgehead atoms. The number of ether oxygens (including phenoxy) is 1. The van der Waals surface area contributed by atoms with Crippen molar-refractivity contribution in [3.63, 3.8) is 0 Å². The summed E-state index contributed by atoms with van der Waals surface area (Å²) in [5.41, 5.74) is 3.08. The Morgan fingerprint density at radius 1 is 1.17 bits per heavy atom. The van der Waals surface area contributed by atoms with E-state index in [4.69, 9.17) is 4.74 Å². The molecule has 2 aromatic carbocycles. The fourth-order valence-electron chi connectivity index (χ4n) is 2.38. The number of hydrogen-bond acceptors (Lipinski definition) is 3. The van der Waals surface area contributed by atoms with Crippen LogP contribution in [0.5, 0.6) is 5.75 Å². The number of carbonyl (C=O) groups is 1. The van der Waals surface area contributed by atoms with Gasteiger partial charge >= 0.3 is 0 Å². The summed E-state index contributed by atoms with van der Waals surface area (Å²) < 4.78 is 5.39. The molecule has 118 valence electrons. The monoisotopic (exact) mass is 309 g/mol. The molecule has 1 amide bonds. The number of carbonyl (C=O) groups excluding carboxylic acids is 1. The van der Waals surface area contributed by atoms with Crippen LogP contribution in [0.3, 0.4) is 0 Å². The Balaban J connectivity index is 1.76. The zero-order valence-corrected chi connectivity index (χ0v) is 13.2. The molecule has 0 aliphatic rings. The van der Waals surface area contributed by atoms with Gasteiger partial charge in [-0.05, 0) is 49.4 Å². The third-order valence-electron chi connectivity index (χ3n) is 3.55. The van der Waals surface area contributed by atoms with Gasteiger partial charge in [0, 0.05) is 17.7 Å². The van der Waals surface area contributed by atoms with Gasteiger partial charge in [0.25, 0.3) is 5.91 Å². The van der Waals surface area contributed by atoms with Crippen molar-refractivity contribution >= 4 is 22.6 Å². The van der Waals surface area contributed by atoms with Crippen molar-refractivity contribution in [2.24, 2.45) is 0 Å². The largest absolute Gasteiger partial charge is 0.494 e. The Morgan fingerprint density at radius 3 is 2.65 bits per heavy atom. The lowest BCUT2D eigenvalue weighted by Gasteiger charge is -2.07. The van der Waals surface area contributed by atoms with E-state index in [-0.39, 0.29) is 5.91 Å². The summed E-state index contributed by atoms with van der Waals surface area (Å²) in [5.74, 6) is 1.56. The van der Waals surface area contributed by atoms with E-state index in [9.17, 15) is 4.79 Å². The number of imidazole rings is 1. The molecular weight excluding hydrogens is 290 g/mol. The van der Waals surface area contributed by atoms with Gasteiger partial charge in [-0.1, -0.05) is 6.92 Å². The molecule has 0 saturated carbocycles. The highest BCUT2D eigenvalue weighted by Gasteiger charge is 2.09. The lowest BCUT2D eigenvalue weighted by atomic mass is 10.2. The second-order valence-electron chi connectivity index (χ2n) is 5.18. The third kappa shape index (κ3) is 3.34. The summed E-state index contributed by atoms with van der Waals surface area (Å²) >= 11 is 0. The molecule has 5 nitrogen and oxygen atoms in total. The van der Waals surface area contributed by atoms with Crippen LogP contribution in [-0.4, -0.2) is 22.5 Å². The third-order valence-corrected chi connectivity index (χ3v) is 3.55. The molecule has 3 aromatic rings. The molecule has 0 radical (unpaired) electrons. The number of H-pyrrole nitrogens is 1. The summed E-state index contributed by atoms with van der Waals surface area (Å²) in [7, 11) is 0. The van der Waals surface area contributed by atoms with E-state index in [0.29, 0.717) is 12.2 Å². The average Bonchev–Trinajstić information content (AvgIpc) is 2.99. The number of fused-ring (bicyclic) bond motifs is 1. The molecule has 0 saturated heterocycles. The molecule has 5 heteroatoms. The smallest absolute Gasteiger partial charge is 0.255 e. The van der Waals surface area contributed by atoms with Gasteiger partial charge in [0.15, 0.2) is 0 Å². The van der Waals surface area contributed by atoms with E-state index in [1.165, 1.54) is 0 Å². The van der Waals surface area contributed by atoms with Crippen molar-refractivity contribution in [2.45, 2.75) is 20.3 Å². The molecule has 2 N–H and O–H groups in total. The Labute approximate surface area is 134 Å². The van der Waals surface area contributed by atoms with Gasteiger partial charge in [-0.25, -0.2) is 4.98 Å². The molecule has 23 heavy (non-hydrogen) atoms. The van der Waals surface area contributed by atoms with Crippen molar-refractivity contribution in [2.75, 3.05) is 11.9 Å². The van der Waals surface area contributed by atoms with Crippen molar-refractivity contribution in [1.29, 1.82) is 0 Å². The number of anilines is 1. The van der Waals surface area contributed by atoms with Crippen molar-refractivity contribution in [3.8, 4) is 5.75 Å². The second kappa shape index (κ2) is 6.52. The zero-order chi connectivity index (χ0) is 16.2. The maximum absolute atomic E-state index is 12.4. The van der Waals surface area contributed by atoms with Crippen LogP contribution >= 0.6 is 0 Å². The molecule has 3 rings (SSSR count). The van der Waals surface area contributed by atoms with Crippen LogP contribution in [0.25, 0.3) is 11.0 Å². The van der Waals surface area contributed by atoms with E-state index in [2.05, 4.69) is 15.3 Å². The molecule has 0 fully saturated rings. The number of aryl methyl sites for hydroxylation is 1. The minimum absolute atomic E-state index is 0.149. The van der Waals surface area contributed by atoms with E-state index in [1.807, 2.05) is 50.2 Å². The van der Waals surface area contributed by atoms with Crippen LogP contribution in [-0.2, 0) is 6.42 Å². The topological polar surface area (TPSA) is 67.0 Å².